The van der Waals surface area contributed by atoms with Crippen molar-refractivity contribution in [3.8, 4) is 11.8 Å². The van der Waals surface area contributed by atoms with Gasteiger partial charge >= 0.3 is 5.97 Å². The van der Waals surface area contributed by atoms with Gasteiger partial charge in [-0.2, -0.15) is 0 Å². The van der Waals surface area contributed by atoms with E-state index < -0.39 is 5.97 Å². The van der Waals surface area contributed by atoms with Gasteiger partial charge in [0, 0.05) is 23.0 Å². The summed E-state index contributed by atoms with van der Waals surface area (Å²) in [6.07, 6.45) is 4.80. The Morgan fingerprint density at radius 3 is 2.16 bits per heavy atom. The number of allylic oxidation sites excluding steroid dienone is 2. The van der Waals surface area contributed by atoms with Crippen LogP contribution in [0, 0.1) is 0 Å². The molecular weight excluding hydrogens is 324 g/mol. The van der Waals surface area contributed by atoms with Crippen molar-refractivity contribution in [3.63, 3.8) is 0 Å². The molecule has 2 atom stereocenters. The molecule has 2 aliphatic carbocycles. The summed E-state index contributed by atoms with van der Waals surface area (Å²) in [4.78, 5) is 21.3. The lowest BCUT2D eigenvalue weighted by atomic mass is 10.0. The largest absolute Gasteiger partial charge is 0.492 e. The van der Waals surface area contributed by atoms with Gasteiger partial charge in [-0.15, -0.1) is 4.73 Å². The number of rotatable bonds is 3. The van der Waals surface area contributed by atoms with Gasteiger partial charge in [-0.25, -0.2) is 9.79 Å². The number of hydrogen-bond donors (Lipinski definition) is 4. The van der Waals surface area contributed by atoms with Crippen LogP contribution in [0.15, 0.2) is 41.4 Å². The van der Waals surface area contributed by atoms with E-state index in [1.54, 1.807) is 12.1 Å². The summed E-state index contributed by atoms with van der Waals surface area (Å²) in [6.45, 7) is 0. The van der Waals surface area contributed by atoms with Gasteiger partial charge in [0.15, 0.2) is 5.96 Å². The van der Waals surface area contributed by atoms with Gasteiger partial charge in [-0.05, 0) is 30.7 Å². The zero-order valence-corrected chi connectivity index (χ0v) is 13.1. The molecule has 25 heavy (non-hydrogen) atoms. The molecule has 1 heterocycles. The highest BCUT2D eigenvalue weighted by Crippen LogP contribution is 2.56. The van der Waals surface area contributed by atoms with Crippen molar-refractivity contribution < 1.29 is 19.8 Å². The second kappa shape index (κ2) is 5.30. The maximum atomic E-state index is 12.3. The smallest absolute Gasteiger partial charge is 0.363 e. The van der Waals surface area contributed by atoms with Crippen LogP contribution in [0.3, 0.4) is 0 Å². The van der Waals surface area contributed by atoms with Gasteiger partial charge in [0.05, 0.1) is 11.3 Å². The molecule has 128 valence electrons. The maximum absolute atomic E-state index is 12.3. The topological polar surface area (TPSA) is 136 Å². The molecule has 0 radical (unpaired) electrons. The lowest BCUT2D eigenvalue weighted by Crippen LogP contribution is -2.22. The number of carbonyl (C=O) groups is 1. The molecule has 0 aliphatic heterocycles. The minimum Gasteiger partial charge on any atom is -0.492 e. The fraction of sp³-hybridized carbons (Fsp3) is 0.176. The van der Waals surface area contributed by atoms with Crippen LogP contribution in [-0.4, -0.2) is 26.9 Å². The monoisotopic (exact) mass is 340 g/mol. The molecule has 1 aromatic heterocycles. The Hall–Kier alpha value is -3.42. The van der Waals surface area contributed by atoms with Crippen molar-refractivity contribution >= 4 is 17.6 Å². The molecule has 2 aromatic rings. The molecule has 2 unspecified atom stereocenters. The van der Waals surface area contributed by atoms with E-state index >= 15 is 0 Å². The minimum atomic E-state index is -0.726. The summed E-state index contributed by atoms with van der Waals surface area (Å²) >= 11 is 0. The Labute approximate surface area is 142 Å². The molecule has 0 saturated heterocycles. The van der Waals surface area contributed by atoms with E-state index in [9.17, 15) is 15.0 Å². The third-order valence-electron chi connectivity index (χ3n) is 4.52. The van der Waals surface area contributed by atoms with Crippen LogP contribution in [0.4, 0.5) is 5.69 Å². The summed E-state index contributed by atoms with van der Waals surface area (Å²) in [5.74, 6) is -1.20. The van der Waals surface area contributed by atoms with E-state index in [2.05, 4.69) is 4.99 Å². The van der Waals surface area contributed by atoms with Crippen LogP contribution < -0.4 is 16.3 Å². The summed E-state index contributed by atoms with van der Waals surface area (Å²) in [6, 6.07) is 6.08. The number of benzene rings is 1. The Balaban J connectivity index is 1.59. The Morgan fingerprint density at radius 2 is 1.64 bits per heavy atom. The second-order valence-corrected chi connectivity index (χ2v) is 6.06. The number of fused-ring (bicyclic) bond motifs is 5. The molecule has 0 fully saturated rings. The lowest BCUT2D eigenvalue weighted by Gasteiger charge is -2.09. The average Bonchev–Trinajstić information content (AvgIpc) is 3.25. The molecule has 2 bridgehead atoms. The van der Waals surface area contributed by atoms with E-state index in [0.29, 0.717) is 16.8 Å². The average molecular weight is 340 g/mol. The molecule has 0 spiro atoms. The van der Waals surface area contributed by atoms with Crippen molar-refractivity contribution in [1.29, 1.82) is 0 Å². The van der Waals surface area contributed by atoms with Crippen LogP contribution >= 0.6 is 0 Å². The van der Waals surface area contributed by atoms with Crippen molar-refractivity contribution in [3.05, 3.63) is 53.1 Å². The fourth-order valence-corrected chi connectivity index (χ4v) is 3.46. The molecular formula is C17H16N4O4. The van der Waals surface area contributed by atoms with Gasteiger partial charge in [0.2, 0.25) is 11.8 Å². The van der Waals surface area contributed by atoms with E-state index in [1.165, 1.54) is 12.1 Å². The van der Waals surface area contributed by atoms with Gasteiger partial charge in [-0.3, -0.25) is 0 Å². The lowest BCUT2D eigenvalue weighted by molar-refractivity contribution is 0.0378. The number of aromatic hydroxyl groups is 2. The second-order valence-electron chi connectivity index (χ2n) is 6.06. The highest BCUT2D eigenvalue weighted by molar-refractivity contribution is 5.90. The Kier molecular flexibility index (Phi) is 3.21. The number of guanidine groups is 1. The minimum absolute atomic E-state index is 0.0460. The van der Waals surface area contributed by atoms with Crippen LogP contribution in [0.25, 0.3) is 0 Å². The number of nitrogens with zero attached hydrogens (tertiary/aromatic N) is 2. The molecule has 8 nitrogen and oxygen atoms in total. The summed E-state index contributed by atoms with van der Waals surface area (Å²) < 4.78 is 0.781. The first-order valence-corrected chi connectivity index (χ1v) is 7.73. The fourth-order valence-electron chi connectivity index (χ4n) is 3.46. The normalized spacial score (nSPS) is 19.7. The van der Waals surface area contributed by atoms with Crippen molar-refractivity contribution in [1.82, 2.24) is 4.73 Å². The SMILES string of the molecule is NC(N)=Nc1ccc(C(=O)On2c(O)c3c(c2O)C2C=CC3C2)cc1. The molecule has 8 heteroatoms. The van der Waals surface area contributed by atoms with Gasteiger partial charge in [0.1, 0.15) is 0 Å². The third-order valence-corrected chi connectivity index (χ3v) is 4.52. The Morgan fingerprint density at radius 1 is 1.08 bits per heavy atom. The zero-order chi connectivity index (χ0) is 17.7. The number of nitrogens with two attached hydrogens (primary N) is 2. The Bertz CT molecular complexity index is 888. The van der Waals surface area contributed by atoms with E-state index in [-0.39, 0.29) is 35.1 Å². The van der Waals surface area contributed by atoms with E-state index in [0.717, 1.165) is 11.2 Å². The first-order chi connectivity index (χ1) is 12.0. The number of aromatic nitrogens is 1. The molecule has 2 aliphatic rings. The predicted octanol–water partition coefficient (Wildman–Crippen LogP) is 1.21. The van der Waals surface area contributed by atoms with Crippen LogP contribution in [0.1, 0.15) is 39.7 Å². The molecule has 6 N–H and O–H groups in total. The standard InChI is InChI=1S/C17H16N4O4/c18-17(19)20-11-5-3-8(4-6-11)16(24)25-21-14(22)12-9-1-2-10(7-9)13(12)15(21)23/h1-6,9-10,22-23H,7H2,(H4,18,19,20). The number of hydrogen-bond acceptors (Lipinski definition) is 5. The van der Waals surface area contributed by atoms with E-state index in [4.69, 9.17) is 16.3 Å². The van der Waals surface area contributed by atoms with E-state index in [1.807, 2.05) is 12.2 Å². The summed E-state index contributed by atoms with van der Waals surface area (Å²) in [5, 5.41) is 20.7. The molecule has 4 rings (SSSR count). The van der Waals surface area contributed by atoms with Gasteiger partial charge < -0.3 is 26.5 Å². The summed E-state index contributed by atoms with van der Waals surface area (Å²) in [5.41, 5.74) is 12.6. The van der Waals surface area contributed by atoms with Crippen molar-refractivity contribution in [2.75, 3.05) is 0 Å². The first kappa shape index (κ1) is 15.1. The molecule has 1 aromatic carbocycles. The van der Waals surface area contributed by atoms with Crippen molar-refractivity contribution in [2.24, 2.45) is 16.5 Å². The van der Waals surface area contributed by atoms with Crippen molar-refractivity contribution in [2.45, 2.75) is 18.3 Å². The third kappa shape index (κ3) is 2.30. The number of aliphatic imine (C=N–C) groups is 1. The maximum Gasteiger partial charge on any atom is 0.363 e. The van der Waals surface area contributed by atoms with Crippen LogP contribution in [0.2, 0.25) is 0 Å². The number of carbonyl (C=O) groups excluding carboxylic acids is 1. The first-order valence-electron chi connectivity index (χ1n) is 7.73. The van der Waals surface area contributed by atoms with Gasteiger partial charge in [-0.1, -0.05) is 12.2 Å². The predicted molar refractivity (Wildman–Crippen MR) is 89.8 cm³/mol. The van der Waals surface area contributed by atoms with Crippen LogP contribution in [-0.2, 0) is 0 Å². The molecule has 0 amide bonds. The van der Waals surface area contributed by atoms with Gasteiger partial charge in [0.25, 0.3) is 0 Å². The highest BCUT2D eigenvalue weighted by Gasteiger charge is 2.42. The summed E-state index contributed by atoms with van der Waals surface area (Å²) in [7, 11) is 0. The zero-order valence-electron chi connectivity index (χ0n) is 13.1. The molecule has 0 saturated carbocycles. The highest BCUT2D eigenvalue weighted by atomic mass is 16.7. The quantitative estimate of drug-likeness (QED) is 0.377. The van der Waals surface area contributed by atoms with Crippen LogP contribution in [0.5, 0.6) is 11.8 Å².